The molecule has 0 saturated carbocycles. The van der Waals surface area contributed by atoms with E-state index in [1.807, 2.05) is 19.1 Å². The van der Waals surface area contributed by atoms with E-state index in [2.05, 4.69) is 10.1 Å². The summed E-state index contributed by atoms with van der Waals surface area (Å²) in [6, 6.07) is 12.0. The second kappa shape index (κ2) is 7.04. The second-order valence-corrected chi connectivity index (χ2v) is 4.72. The minimum atomic E-state index is -4.74. The molecule has 0 bridgehead atoms. The number of aryl methyl sites for hydroxylation is 1. The maximum atomic E-state index is 12.0. The summed E-state index contributed by atoms with van der Waals surface area (Å²) < 4.78 is 45.1. The first kappa shape index (κ1) is 16.7. The molecular weight excluding hydrogens is 311 g/mol. The van der Waals surface area contributed by atoms with Gasteiger partial charge in [0.2, 0.25) is 0 Å². The summed E-state index contributed by atoms with van der Waals surface area (Å²) in [7, 11) is 0. The lowest BCUT2D eigenvalue weighted by Gasteiger charge is -2.10. The fourth-order valence-electron chi connectivity index (χ4n) is 1.72. The molecule has 0 unspecified atom stereocenters. The van der Waals surface area contributed by atoms with E-state index in [1.54, 1.807) is 12.1 Å². The summed E-state index contributed by atoms with van der Waals surface area (Å²) in [6.45, 7) is 1.73. The minimum absolute atomic E-state index is 0.205. The summed E-state index contributed by atoms with van der Waals surface area (Å²) in [6.07, 6.45) is -4.74. The smallest absolute Gasteiger partial charge is 0.484 e. The molecule has 0 radical (unpaired) electrons. The van der Waals surface area contributed by atoms with Crippen molar-refractivity contribution in [3.8, 4) is 11.5 Å². The highest BCUT2D eigenvalue weighted by Gasteiger charge is 2.30. The zero-order valence-corrected chi connectivity index (χ0v) is 12.2. The third-order valence-electron chi connectivity index (χ3n) is 2.76. The number of carbonyl (C=O) groups excluding carboxylic acids is 1. The Bertz CT molecular complexity index is 652. The average molecular weight is 325 g/mol. The second-order valence-electron chi connectivity index (χ2n) is 4.72. The van der Waals surface area contributed by atoms with Gasteiger partial charge in [-0.15, -0.1) is 13.2 Å². The van der Waals surface area contributed by atoms with E-state index >= 15 is 0 Å². The maximum Gasteiger partial charge on any atom is 0.573 e. The number of amides is 1. The van der Waals surface area contributed by atoms with Crippen LogP contribution in [-0.2, 0) is 4.79 Å². The van der Waals surface area contributed by atoms with Crippen molar-refractivity contribution in [1.29, 1.82) is 0 Å². The van der Waals surface area contributed by atoms with Crippen LogP contribution < -0.4 is 14.8 Å². The topological polar surface area (TPSA) is 47.6 Å². The van der Waals surface area contributed by atoms with Crippen molar-refractivity contribution in [3.05, 3.63) is 54.1 Å². The number of anilines is 1. The molecule has 2 rings (SSSR count). The molecule has 0 atom stereocenters. The number of benzene rings is 2. The quantitative estimate of drug-likeness (QED) is 0.906. The molecule has 0 aliphatic rings. The predicted octanol–water partition coefficient (Wildman–Crippen LogP) is 3.91. The molecule has 2 aromatic carbocycles. The number of nitrogens with one attached hydrogen (secondary N) is 1. The van der Waals surface area contributed by atoms with Crippen LogP contribution in [0.1, 0.15) is 5.56 Å². The normalized spacial score (nSPS) is 11.0. The number of alkyl halides is 3. The zero-order valence-electron chi connectivity index (χ0n) is 12.2. The van der Waals surface area contributed by atoms with Gasteiger partial charge in [-0.1, -0.05) is 17.7 Å². The van der Waals surface area contributed by atoms with Crippen LogP contribution in [0, 0.1) is 6.92 Å². The van der Waals surface area contributed by atoms with Crippen LogP contribution in [0.5, 0.6) is 11.5 Å². The Labute approximate surface area is 130 Å². The molecule has 122 valence electrons. The van der Waals surface area contributed by atoms with Gasteiger partial charge in [0.05, 0.1) is 0 Å². The summed E-state index contributed by atoms with van der Waals surface area (Å²) >= 11 is 0. The Kier molecular flexibility index (Phi) is 5.10. The molecule has 2 aromatic rings. The Balaban J connectivity index is 1.84. The third kappa shape index (κ3) is 5.90. The molecule has 1 N–H and O–H groups in total. The van der Waals surface area contributed by atoms with Crippen molar-refractivity contribution < 1.29 is 27.4 Å². The van der Waals surface area contributed by atoms with Crippen LogP contribution in [0.15, 0.2) is 48.5 Å². The molecule has 7 heteroatoms. The van der Waals surface area contributed by atoms with Gasteiger partial charge >= 0.3 is 6.36 Å². The van der Waals surface area contributed by atoms with Gasteiger partial charge in [-0.05, 0) is 43.3 Å². The number of ether oxygens (including phenoxy) is 2. The Morgan fingerprint density at radius 1 is 1.00 bits per heavy atom. The van der Waals surface area contributed by atoms with Crippen LogP contribution in [-0.4, -0.2) is 18.9 Å². The average Bonchev–Trinajstić information content (AvgIpc) is 2.47. The molecule has 0 aliphatic heterocycles. The number of carbonyl (C=O) groups is 1. The third-order valence-corrected chi connectivity index (χ3v) is 2.76. The highest BCUT2D eigenvalue weighted by Crippen LogP contribution is 2.23. The van der Waals surface area contributed by atoms with Crippen molar-refractivity contribution in [2.24, 2.45) is 0 Å². The predicted molar refractivity (Wildman–Crippen MR) is 78.4 cm³/mol. The Morgan fingerprint density at radius 2 is 1.57 bits per heavy atom. The first-order chi connectivity index (χ1) is 10.8. The molecule has 0 spiro atoms. The van der Waals surface area contributed by atoms with Gasteiger partial charge in [0, 0.05) is 5.69 Å². The molecule has 0 aliphatic carbocycles. The first-order valence-electron chi connectivity index (χ1n) is 6.67. The lowest BCUT2D eigenvalue weighted by atomic mass is 10.2. The summed E-state index contributed by atoms with van der Waals surface area (Å²) in [5, 5.41) is 2.51. The van der Waals surface area contributed by atoms with E-state index in [0.29, 0.717) is 11.4 Å². The Hall–Kier alpha value is -2.70. The van der Waals surface area contributed by atoms with E-state index < -0.39 is 12.3 Å². The molecule has 0 aromatic heterocycles. The van der Waals surface area contributed by atoms with Gasteiger partial charge in [0.1, 0.15) is 11.5 Å². The van der Waals surface area contributed by atoms with Gasteiger partial charge in [-0.25, -0.2) is 0 Å². The standard InChI is InChI=1S/C16H14F3NO3/c1-11-2-6-13(7-3-11)22-10-15(21)20-12-4-8-14(9-5-12)23-16(17,18)19/h2-9H,10H2,1H3,(H,20,21). The van der Waals surface area contributed by atoms with Crippen molar-refractivity contribution in [1.82, 2.24) is 0 Å². The van der Waals surface area contributed by atoms with Crippen LogP contribution in [0.2, 0.25) is 0 Å². The van der Waals surface area contributed by atoms with Gasteiger partial charge < -0.3 is 14.8 Å². The largest absolute Gasteiger partial charge is 0.573 e. The summed E-state index contributed by atoms with van der Waals surface area (Å²) in [5.74, 6) is -0.221. The summed E-state index contributed by atoms with van der Waals surface area (Å²) in [4.78, 5) is 11.7. The molecule has 0 saturated heterocycles. The van der Waals surface area contributed by atoms with Crippen molar-refractivity contribution in [2.75, 3.05) is 11.9 Å². The molecule has 0 fully saturated rings. The van der Waals surface area contributed by atoms with E-state index in [-0.39, 0.29) is 12.4 Å². The first-order valence-corrected chi connectivity index (χ1v) is 6.67. The number of rotatable bonds is 5. The maximum absolute atomic E-state index is 12.0. The zero-order chi connectivity index (χ0) is 16.9. The molecule has 1 amide bonds. The van der Waals surface area contributed by atoms with Crippen LogP contribution >= 0.6 is 0 Å². The lowest BCUT2D eigenvalue weighted by Crippen LogP contribution is -2.20. The van der Waals surface area contributed by atoms with E-state index in [4.69, 9.17) is 4.74 Å². The Morgan fingerprint density at radius 3 is 2.13 bits per heavy atom. The summed E-state index contributed by atoms with van der Waals surface area (Å²) in [5.41, 5.74) is 1.42. The van der Waals surface area contributed by atoms with Crippen molar-refractivity contribution >= 4 is 11.6 Å². The van der Waals surface area contributed by atoms with E-state index in [1.165, 1.54) is 12.1 Å². The van der Waals surface area contributed by atoms with Gasteiger partial charge in [0.25, 0.3) is 5.91 Å². The fourth-order valence-corrected chi connectivity index (χ4v) is 1.72. The van der Waals surface area contributed by atoms with E-state index in [0.717, 1.165) is 17.7 Å². The van der Waals surface area contributed by atoms with Crippen molar-refractivity contribution in [3.63, 3.8) is 0 Å². The SMILES string of the molecule is Cc1ccc(OCC(=O)Nc2ccc(OC(F)(F)F)cc2)cc1. The number of halogens is 3. The fraction of sp³-hybridized carbons (Fsp3) is 0.188. The van der Waals surface area contributed by atoms with Gasteiger partial charge in [-0.3, -0.25) is 4.79 Å². The van der Waals surface area contributed by atoms with Gasteiger partial charge in [0.15, 0.2) is 6.61 Å². The van der Waals surface area contributed by atoms with E-state index in [9.17, 15) is 18.0 Å². The highest BCUT2D eigenvalue weighted by atomic mass is 19.4. The molecule has 4 nitrogen and oxygen atoms in total. The minimum Gasteiger partial charge on any atom is -0.484 e. The van der Waals surface area contributed by atoms with Crippen LogP contribution in [0.4, 0.5) is 18.9 Å². The molecule has 0 heterocycles. The van der Waals surface area contributed by atoms with Crippen LogP contribution in [0.3, 0.4) is 0 Å². The number of hydrogen-bond acceptors (Lipinski definition) is 3. The molecular formula is C16H14F3NO3. The highest BCUT2D eigenvalue weighted by molar-refractivity contribution is 5.91. The lowest BCUT2D eigenvalue weighted by molar-refractivity contribution is -0.274. The van der Waals surface area contributed by atoms with Crippen molar-refractivity contribution in [2.45, 2.75) is 13.3 Å². The van der Waals surface area contributed by atoms with Gasteiger partial charge in [-0.2, -0.15) is 0 Å². The number of hydrogen-bond donors (Lipinski definition) is 1. The molecule has 23 heavy (non-hydrogen) atoms. The van der Waals surface area contributed by atoms with Crippen LogP contribution in [0.25, 0.3) is 0 Å². The monoisotopic (exact) mass is 325 g/mol.